The summed E-state index contributed by atoms with van der Waals surface area (Å²) in [6.45, 7) is 0.400. The summed E-state index contributed by atoms with van der Waals surface area (Å²) in [4.78, 5) is 13.9. The Bertz CT molecular complexity index is 619. The lowest BCUT2D eigenvalue weighted by Gasteiger charge is -2.05. The van der Waals surface area contributed by atoms with Gasteiger partial charge in [0.2, 0.25) is 6.33 Å². The molecule has 1 aromatic carbocycles. The van der Waals surface area contributed by atoms with Crippen LogP contribution >= 0.6 is 0 Å². The fourth-order valence-electron chi connectivity index (χ4n) is 1.60. The molecule has 0 bridgehead atoms. The Labute approximate surface area is 98.5 Å². The van der Waals surface area contributed by atoms with Crippen molar-refractivity contribution in [2.24, 2.45) is 0 Å². The van der Waals surface area contributed by atoms with Gasteiger partial charge in [0.25, 0.3) is 0 Å². The highest BCUT2D eigenvalue weighted by Gasteiger charge is 2.03. The lowest BCUT2D eigenvalue weighted by atomic mass is 10.3. The highest BCUT2D eigenvalue weighted by Crippen LogP contribution is 2.10. The van der Waals surface area contributed by atoms with E-state index in [1.807, 2.05) is 42.5 Å². The molecule has 0 aliphatic heterocycles. The number of fused-ring (bicyclic) bond motifs is 1. The molecule has 3 rings (SSSR count). The second-order valence-electron chi connectivity index (χ2n) is 3.59. The van der Waals surface area contributed by atoms with Crippen molar-refractivity contribution in [3.8, 4) is 0 Å². The summed E-state index contributed by atoms with van der Waals surface area (Å²) in [5.74, 6) is 0. The third-order valence-corrected chi connectivity index (χ3v) is 2.43. The maximum atomic E-state index is 5.58. The smallest absolute Gasteiger partial charge is 0.216 e. The molecule has 0 aliphatic carbocycles. The number of rotatable bonds is 3. The molecule has 2 heterocycles. The van der Waals surface area contributed by atoms with Gasteiger partial charge in [-0.05, 0) is 24.3 Å². The van der Waals surface area contributed by atoms with Crippen molar-refractivity contribution in [2.75, 3.05) is 0 Å². The average Bonchev–Trinajstić information content (AvgIpc) is 2.81. The van der Waals surface area contributed by atoms with Crippen LogP contribution in [-0.4, -0.2) is 14.7 Å². The molecule has 2 aromatic heterocycles. The van der Waals surface area contributed by atoms with Gasteiger partial charge in [0.1, 0.15) is 5.52 Å². The van der Waals surface area contributed by atoms with Crippen molar-refractivity contribution in [2.45, 2.75) is 6.61 Å². The number of para-hydroxylation sites is 2. The van der Waals surface area contributed by atoms with Crippen LogP contribution in [0.1, 0.15) is 5.69 Å². The van der Waals surface area contributed by atoms with E-state index in [2.05, 4.69) is 16.3 Å². The Hall–Kier alpha value is -2.36. The molecule has 83 valence electrons. The third kappa shape index (κ3) is 1.97. The van der Waals surface area contributed by atoms with Crippen LogP contribution in [-0.2, 0) is 6.61 Å². The normalized spacial score (nSPS) is 10.6. The van der Waals surface area contributed by atoms with Gasteiger partial charge in [-0.25, -0.2) is 4.98 Å². The Morgan fingerprint density at radius 2 is 2.00 bits per heavy atom. The molecule has 1 radical (unpaired) electrons. The SMILES string of the molecule is [c]1nc2ccccc2n1OCc1ccccn1. The zero-order valence-corrected chi connectivity index (χ0v) is 9.08. The quantitative estimate of drug-likeness (QED) is 0.681. The van der Waals surface area contributed by atoms with Crippen molar-refractivity contribution >= 4 is 11.0 Å². The molecule has 17 heavy (non-hydrogen) atoms. The molecular formula is C13H10N3O. The first-order valence-electron chi connectivity index (χ1n) is 5.32. The molecule has 0 amide bonds. The molecule has 4 nitrogen and oxygen atoms in total. The molecule has 0 N–H and O–H groups in total. The van der Waals surface area contributed by atoms with Crippen molar-refractivity contribution in [1.82, 2.24) is 14.7 Å². The van der Waals surface area contributed by atoms with Crippen LogP contribution in [0, 0.1) is 6.33 Å². The van der Waals surface area contributed by atoms with Crippen molar-refractivity contribution in [3.05, 3.63) is 60.7 Å². The Morgan fingerprint density at radius 3 is 2.88 bits per heavy atom. The summed E-state index contributed by atoms with van der Waals surface area (Å²) in [6.07, 6.45) is 4.55. The number of benzene rings is 1. The maximum absolute atomic E-state index is 5.58. The van der Waals surface area contributed by atoms with E-state index in [9.17, 15) is 0 Å². The first kappa shape index (κ1) is 9.84. The van der Waals surface area contributed by atoms with Gasteiger partial charge in [-0.15, -0.1) is 0 Å². The topological polar surface area (TPSA) is 39.9 Å². The van der Waals surface area contributed by atoms with Crippen molar-refractivity contribution < 1.29 is 4.84 Å². The minimum Gasteiger partial charge on any atom is -0.405 e. The molecule has 0 aliphatic rings. The second kappa shape index (κ2) is 4.25. The van der Waals surface area contributed by atoms with Gasteiger partial charge in [-0.1, -0.05) is 18.2 Å². The van der Waals surface area contributed by atoms with E-state index in [1.54, 1.807) is 10.9 Å². The molecule has 0 unspecified atom stereocenters. The van der Waals surface area contributed by atoms with Gasteiger partial charge >= 0.3 is 0 Å². The molecule has 3 aromatic rings. The average molecular weight is 224 g/mol. The minimum absolute atomic E-state index is 0.400. The van der Waals surface area contributed by atoms with Gasteiger partial charge in [-0.3, -0.25) is 4.98 Å². The molecular weight excluding hydrogens is 214 g/mol. The van der Waals surface area contributed by atoms with Crippen LogP contribution in [0.2, 0.25) is 0 Å². The first-order chi connectivity index (χ1) is 8.43. The third-order valence-electron chi connectivity index (χ3n) is 2.43. The minimum atomic E-state index is 0.400. The lowest BCUT2D eigenvalue weighted by molar-refractivity contribution is 0.102. The van der Waals surface area contributed by atoms with Crippen molar-refractivity contribution in [1.29, 1.82) is 0 Å². The Balaban J connectivity index is 1.82. The van der Waals surface area contributed by atoms with Gasteiger partial charge in [0.05, 0.1) is 11.2 Å². The van der Waals surface area contributed by atoms with E-state index in [1.165, 1.54) is 0 Å². The highest BCUT2D eigenvalue weighted by molar-refractivity contribution is 5.74. The first-order valence-corrected chi connectivity index (χ1v) is 5.32. The van der Waals surface area contributed by atoms with E-state index in [4.69, 9.17) is 4.84 Å². The van der Waals surface area contributed by atoms with E-state index >= 15 is 0 Å². The number of pyridine rings is 1. The van der Waals surface area contributed by atoms with Crippen LogP contribution in [0.5, 0.6) is 0 Å². The molecule has 0 saturated heterocycles. The van der Waals surface area contributed by atoms with Crippen LogP contribution in [0.15, 0.2) is 48.7 Å². The fourth-order valence-corrected chi connectivity index (χ4v) is 1.60. The predicted octanol–water partition coefficient (Wildman–Crippen LogP) is 1.86. The number of imidazole rings is 1. The number of hydrogen-bond acceptors (Lipinski definition) is 3. The van der Waals surface area contributed by atoms with E-state index < -0.39 is 0 Å². The molecule has 0 saturated carbocycles. The Morgan fingerprint density at radius 1 is 1.12 bits per heavy atom. The van der Waals surface area contributed by atoms with E-state index in [0.29, 0.717) is 6.61 Å². The largest absolute Gasteiger partial charge is 0.405 e. The van der Waals surface area contributed by atoms with Crippen LogP contribution in [0.3, 0.4) is 0 Å². The summed E-state index contributed by atoms with van der Waals surface area (Å²) in [6, 6.07) is 13.5. The second-order valence-corrected chi connectivity index (χ2v) is 3.59. The van der Waals surface area contributed by atoms with E-state index in [-0.39, 0.29) is 0 Å². The zero-order chi connectivity index (χ0) is 11.5. The van der Waals surface area contributed by atoms with E-state index in [0.717, 1.165) is 16.7 Å². The summed E-state index contributed by atoms with van der Waals surface area (Å²) in [5.41, 5.74) is 2.65. The van der Waals surface area contributed by atoms with Crippen LogP contribution in [0.25, 0.3) is 11.0 Å². The van der Waals surface area contributed by atoms with Crippen LogP contribution < -0.4 is 4.84 Å². The summed E-state index contributed by atoms with van der Waals surface area (Å²) >= 11 is 0. The summed E-state index contributed by atoms with van der Waals surface area (Å²) < 4.78 is 1.55. The number of aromatic nitrogens is 3. The lowest BCUT2D eigenvalue weighted by Crippen LogP contribution is -2.10. The van der Waals surface area contributed by atoms with Gasteiger partial charge in [0.15, 0.2) is 6.61 Å². The standard InChI is InChI=1S/C13H10N3O/c1-2-7-13-12(6-1)15-10-16(13)17-9-11-5-3-4-8-14-11/h1-8H,9H2. The molecule has 0 spiro atoms. The molecule has 0 atom stereocenters. The highest BCUT2D eigenvalue weighted by atomic mass is 16.7. The van der Waals surface area contributed by atoms with Crippen molar-refractivity contribution in [3.63, 3.8) is 0 Å². The summed E-state index contributed by atoms with van der Waals surface area (Å²) in [5, 5.41) is 0. The maximum Gasteiger partial charge on any atom is 0.216 e. The predicted molar refractivity (Wildman–Crippen MR) is 63.1 cm³/mol. The summed E-state index contributed by atoms with van der Waals surface area (Å²) in [7, 11) is 0. The zero-order valence-electron chi connectivity index (χ0n) is 9.08. The number of hydrogen-bond donors (Lipinski definition) is 0. The number of nitrogens with zero attached hydrogens (tertiary/aromatic N) is 3. The van der Waals surface area contributed by atoms with Gasteiger partial charge in [0, 0.05) is 6.20 Å². The monoisotopic (exact) mass is 224 g/mol. The molecule has 0 fully saturated rings. The Kier molecular flexibility index (Phi) is 2.46. The molecule has 4 heteroatoms. The fraction of sp³-hybridized carbons (Fsp3) is 0.0769. The van der Waals surface area contributed by atoms with Crippen LogP contribution in [0.4, 0.5) is 0 Å². The van der Waals surface area contributed by atoms with Gasteiger partial charge < -0.3 is 4.84 Å². The van der Waals surface area contributed by atoms with Gasteiger partial charge in [-0.2, -0.15) is 4.73 Å².